The Morgan fingerprint density at radius 1 is 0.290 bits per heavy atom. The first-order chi connectivity index (χ1) is 11.1. The van der Waals surface area contributed by atoms with Crippen molar-refractivity contribution in [3.8, 4) is 0 Å². The number of hydrogen-bond acceptors (Lipinski definition) is 21. The fraction of sp³-hybridized carbons (Fsp3) is 0. The van der Waals surface area contributed by atoms with E-state index in [9.17, 15) is 86.1 Å². The third kappa shape index (κ3) is 71.9. The fourth-order valence-corrected chi connectivity index (χ4v) is 3.31. The van der Waals surface area contributed by atoms with Crippen molar-refractivity contribution in [1.29, 1.82) is 0 Å². The van der Waals surface area contributed by atoms with Gasteiger partial charge in [-0.3, -0.25) is 0 Å². The van der Waals surface area contributed by atoms with Gasteiger partial charge in [-0.25, -0.2) is 0 Å². The Morgan fingerprint density at radius 2 is 0.355 bits per heavy atom. The van der Waals surface area contributed by atoms with E-state index < -0.39 is 46.9 Å². The van der Waals surface area contributed by atoms with Crippen LogP contribution in [-0.4, -0.2) is 0 Å². The Kier molecular flexibility index (Phi) is 31.6. The van der Waals surface area contributed by atoms with E-state index in [2.05, 4.69) is 12.9 Å². The molecule has 0 fully saturated rings. The standard InChI is InChI=1S/3H4O7P2.4V/c3*1-8(2,3)7-9(4,5)6;;;;/h3*(H2,1,2,3)(H2,4,5,6);;;;/q;;;4*+3/p-12. The van der Waals surface area contributed by atoms with Crippen LogP contribution in [0, 0.1) is 0 Å². The van der Waals surface area contributed by atoms with Gasteiger partial charge in [0.25, 0.3) is 0 Å². The summed E-state index contributed by atoms with van der Waals surface area (Å²) in [5.74, 6) is 0. The van der Waals surface area contributed by atoms with Gasteiger partial charge in [-0.2, -0.15) is 0 Å². The SMILES string of the molecule is O=P([O-])([O-])OP(=O)([O-])[O-].O=P([O-])([O-])OP(=O)([O-])[O-].O=P([O-])([O-])OP(=O)([O-])[O-].[V+3].[V+3].[V+3].[V+3]. The predicted molar refractivity (Wildman–Crippen MR) is 48.9 cm³/mol. The molecule has 176 valence electrons. The Labute approximate surface area is 219 Å². The van der Waals surface area contributed by atoms with E-state index >= 15 is 0 Å². The molecule has 31 heteroatoms. The fourth-order valence-electron chi connectivity index (χ4n) is 0.367. The number of rotatable bonds is 6. The summed E-state index contributed by atoms with van der Waals surface area (Å²) in [5, 5.41) is 0. The molecule has 0 bridgehead atoms. The van der Waals surface area contributed by atoms with Crippen LogP contribution < -0.4 is 58.7 Å². The van der Waals surface area contributed by atoms with Crippen molar-refractivity contribution in [2.75, 3.05) is 0 Å². The molecule has 0 aliphatic rings. The normalized spacial score (nSPS) is 12.0. The third-order valence-electron chi connectivity index (χ3n) is 0.600. The van der Waals surface area contributed by atoms with E-state index in [-0.39, 0.29) is 74.2 Å². The summed E-state index contributed by atoms with van der Waals surface area (Å²) in [6.45, 7) is 0. The molecule has 0 atom stereocenters. The maximum atomic E-state index is 9.32. The average Bonchev–Trinajstić information content (AvgIpc) is 1.96. The Balaban J connectivity index is -0.0000000524. The van der Waals surface area contributed by atoms with E-state index in [1.807, 2.05) is 0 Å². The van der Waals surface area contributed by atoms with Crippen molar-refractivity contribution >= 4 is 46.9 Å². The Hall–Kier alpha value is 3.12. The Bertz CT molecular complexity index is 559. The van der Waals surface area contributed by atoms with Gasteiger partial charge in [0.15, 0.2) is 0 Å². The zero-order valence-corrected chi connectivity index (χ0v) is 24.0. The van der Waals surface area contributed by atoms with Crippen LogP contribution in [0.15, 0.2) is 0 Å². The molecule has 0 aromatic carbocycles. The van der Waals surface area contributed by atoms with E-state index in [1.165, 1.54) is 0 Å². The van der Waals surface area contributed by atoms with Gasteiger partial charge >= 0.3 is 74.2 Å². The van der Waals surface area contributed by atoms with Crippen molar-refractivity contribution in [2.24, 2.45) is 0 Å². The summed E-state index contributed by atoms with van der Waals surface area (Å²) in [7, 11) is -34.1. The summed E-state index contributed by atoms with van der Waals surface area (Å²) in [6, 6.07) is 0. The van der Waals surface area contributed by atoms with Crippen molar-refractivity contribution in [1.82, 2.24) is 0 Å². The van der Waals surface area contributed by atoms with E-state index in [4.69, 9.17) is 0 Å². The second-order valence-corrected chi connectivity index (χ2v) is 10.3. The molecule has 0 amide bonds. The molecule has 0 N–H and O–H groups in total. The average molecular weight is 726 g/mol. The molecule has 0 heterocycles. The summed E-state index contributed by atoms with van der Waals surface area (Å²) < 4.78 is 63.5. The molecule has 0 aromatic rings. The number of hydrogen-bond donors (Lipinski definition) is 0. The zero-order valence-electron chi connectivity index (χ0n) is 13.0. The molecule has 0 aliphatic heterocycles. The molecular weight excluding hydrogens is 726 g/mol. The third-order valence-corrected chi connectivity index (χ3v) is 5.40. The maximum absolute atomic E-state index is 9.32. The topological polar surface area (TPSA) is 407 Å². The van der Waals surface area contributed by atoms with Gasteiger partial charge in [-0.15, -0.1) is 0 Å². The summed E-state index contributed by atoms with van der Waals surface area (Å²) in [6.07, 6.45) is 0. The monoisotopic (exact) mass is 726 g/mol. The minimum Gasteiger partial charge on any atom is -0.790 e. The molecule has 0 rings (SSSR count). The molecular formula is O21P6V4. The van der Waals surface area contributed by atoms with Crippen LogP contribution in [0.4, 0.5) is 0 Å². The first kappa shape index (κ1) is 50.9. The first-order valence-electron chi connectivity index (χ1n) is 4.38. The number of phosphoric acid groups is 6. The molecule has 0 saturated carbocycles. The van der Waals surface area contributed by atoms with Crippen LogP contribution in [0.2, 0.25) is 0 Å². The van der Waals surface area contributed by atoms with Gasteiger partial charge in [0.05, 0.1) is 46.9 Å². The summed E-state index contributed by atoms with van der Waals surface area (Å²) in [5.41, 5.74) is 0. The van der Waals surface area contributed by atoms with Crippen LogP contribution >= 0.6 is 46.9 Å². The molecule has 0 aliphatic carbocycles. The zero-order chi connectivity index (χ0) is 23.1. The van der Waals surface area contributed by atoms with E-state index in [0.29, 0.717) is 0 Å². The molecule has 0 saturated heterocycles. The second kappa shape index (κ2) is 19.3. The van der Waals surface area contributed by atoms with Gasteiger partial charge in [-0.1, -0.05) is 0 Å². The molecule has 0 unspecified atom stereocenters. The predicted octanol–water partition coefficient (Wildman–Crippen LogP) is -10.0. The van der Waals surface area contributed by atoms with Crippen molar-refractivity contribution in [2.45, 2.75) is 0 Å². The van der Waals surface area contributed by atoms with Crippen LogP contribution in [0.25, 0.3) is 0 Å². The van der Waals surface area contributed by atoms with Crippen LogP contribution in [0.1, 0.15) is 0 Å². The minimum absolute atomic E-state index is 0. The first-order valence-corrected chi connectivity index (χ1v) is 13.1. The van der Waals surface area contributed by atoms with Gasteiger partial charge in [0.1, 0.15) is 0 Å². The second-order valence-electron chi connectivity index (χ2n) is 2.93. The van der Waals surface area contributed by atoms with Crippen molar-refractivity contribution in [3.05, 3.63) is 0 Å². The van der Waals surface area contributed by atoms with Crippen LogP contribution in [-0.2, 0) is 115 Å². The van der Waals surface area contributed by atoms with Crippen molar-refractivity contribution in [3.63, 3.8) is 0 Å². The Morgan fingerprint density at radius 3 is 0.355 bits per heavy atom. The van der Waals surface area contributed by atoms with Crippen molar-refractivity contribution < 1.29 is 173 Å². The molecule has 31 heavy (non-hydrogen) atoms. The van der Waals surface area contributed by atoms with Gasteiger partial charge < -0.3 is 99.0 Å². The largest absolute Gasteiger partial charge is 3.00 e. The van der Waals surface area contributed by atoms with E-state index in [0.717, 1.165) is 0 Å². The van der Waals surface area contributed by atoms with E-state index in [1.54, 1.807) is 0 Å². The van der Waals surface area contributed by atoms with Crippen LogP contribution in [0.5, 0.6) is 0 Å². The smallest absolute Gasteiger partial charge is 0.790 e. The van der Waals surface area contributed by atoms with Gasteiger partial charge in [0.2, 0.25) is 0 Å². The molecule has 0 radical (unpaired) electrons. The summed E-state index contributed by atoms with van der Waals surface area (Å²) >= 11 is 0. The molecule has 0 aromatic heterocycles. The summed E-state index contributed by atoms with van der Waals surface area (Å²) in [4.78, 5) is 112. The van der Waals surface area contributed by atoms with Crippen LogP contribution in [0.3, 0.4) is 0 Å². The maximum Gasteiger partial charge on any atom is 3.00 e. The molecule has 0 spiro atoms. The minimum atomic E-state index is -5.68. The molecule has 21 nitrogen and oxygen atoms in total. The van der Waals surface area contributed by atoms with Gasteiger partial charge in [0, 0.05) is 0 Å². The quantitative estimate of drug-likeness (QED) is 0.229. The van der Waals surface area contributed by atoms with Gasteiger partial charge in [-0.05, 0) is 0 Å².